The normalized spacial score (nSPS) is 15.6. The molecule has 0 bridgehead atoms. The van der Waals surface area contributed by atoms with E-state index in [-0.39, 0.29) is 38.9 Å². The van der Waals surface area contributed by atoms with E-state index in [4.69, 9.17) is 0 Å². The summed E-state index contributed by atoms with van der Waals surface area (Å²) < 4.78 is 1.05. The van der Waals surface area contributed by atoms with E-state index < -0.39 is 94.0 Å². The van der Waals surface area contributed by atoms with E-state index in [1.807, 2.05) is 36.4 Å². The van der Waals surface area contributed by atoms with Gasteiger partial charge in [0, 0.05) is 42.5 Å². The molecule has 0 aliphatic carbocycles. The van der Waals surface area contributed by atoms with Crippen LogP contribution in [0.15, 0.2) is 97.1 Å². The summed E-state index contributed by atoms with van der Waals surface area (Å²) in [6.45, 7) is 11.5. The zero-order valence-corrected chi connectivity index (χ0v) is 48.7. The van der Waals surface area contributed by atoms with Gasteiger partial charge in [0.05, 0.1) is 38.1 Å². The van der Waals surface area contributed by atoms with Gasteiger partial charge >= 0.3 is 16.5 Å². The minimum absolute atomic E-state index is 0. The van der Waals surface area contributed by atoms with Gasteiger partial charge in [-0.05, 0) is 96.2 Å². The van der Waals surface area contributed by atoms with Gasteiger partial charge in [-0.2, -0.15) is 12.8 Å². The molecule has 448 valence electrons. The van der Waals surface area contributed by atoms with Crippen LogP contribution in [0.25, 0.3) is 16.9 Å². The second kappa shape index (κ2) is 40.2. The van der Waals surface area contributed by atoms with Gasteiger partial charge < -0.3 is 80.7 Å². The van der Waals surface area contributed by atoms with Crippen molar-refractivity contribution in [3.8, 4) is 0 Å². The maximum absolute atomic E-state index is 12.1. The summed E-state index contributed by atoms with van der Waals surface area (Å²) in [5.74, 6) is 0. The number of rotatable bonds is 34. The van der Waals surface area contributed by atoms with E-state index in [1.54, 1.807) is 24.3 Å². The molecule has 1 aliphatic rings. The average Bonchev–Trinajstić information content (AvgIpc) is 3.89. The molecule has 0 radical (unpaired) electrons. The molecule has 0 amide bonds. The van der Waals surface area contributed by atoms with Crippen LogP contribution in [-0.4, -0.2) is 141 Å². The third kappa shape index (κ3) is 23.7. The Bertz CT molecular complexity index is 2270. The summed E-state index contributed by atoms with van der Waals surface area (Å²) in [6, 6.07) is 27.9. The summed E-state index contributed by atoms with van der Waals surface area (Å²) >= 11 is 0. The predicted molar refractivity (Wildman–Crippen MR) is 313 cm³/mol. The smallest absolute Gasteiger partial charge is 0.493 e. The Morgan fingerprint density at radius 3 is 1.05 bits per heavy atom. The molecule has 1 aliphatic heterocycles. The predicted octanol–water partition coefficient (Wildman–Crippen LogP) is 7.46. The van der Waals surface area contributed by atoms with Gasteiger partial charge in [0.15, 0.2) is 0 Å². The minimum Gasteiger partial charge on any atom is -0.493 e. The number of hydrogen-bond acceptors (Lipinski definition) is 12. The number of allylic oxidation sites excluding steroid dienone is 2. The van der Waals surface area contributed by atoms with Crippen LogP contribution in [0.4, 0.5) is 0 Å². The Hall–Kier alpha value is -4.03. The molecular weight excluding hydrogens is 1060 g/mol. The molecule has 80 heavy (non-hydrogen) atoms. The van der Waals surface area contributed by atoms with Crippen LogP contribution in [-0.2, 0) is 67.9 Å². The first-order chi connectivity index (χ1) is 38.0. The van der Waals surface area contributed by atoms with Crippen molar-refractivity contribution in [2.75, 3.05) is 19.8 Å². The van der Waals surface area contributed by atoms with Crippen LogP contribution in [0.2, 0.25) is 0 Å². The van der Waals surface area contributed by atoms with Crippen molar-refractivity contribution in [2.45, 2.75) is 204 Å². The Morgan fingerprint density at radius 1 is 0.412 bits per heavy atom. The second-order valence-electron chi connectivity index (χ2n) is 20.9. The van der Waals surface area contributed by atoms with Crippen LogP contribution in [0.1, 0.15) is 153 Å². The first kappa shape index (κ1) is 72.1. The van der Waals surface area contributed by atoms with E-state index in [9.17, 15) is 66.8 Å². The Labute approximate surface area is 487 Å². The molecule has 4 aromatic carbocycles. The molecule has 9 atom stereocenters. The van der Waals surface area contributed by atoms with E-state index in [0.29, 0.717) is 11.3 Å². The van der Waals surface area contributed by atoms with Crippen molar-refractivity contribution in [3.63, 3.8) is 0 Å². The standard InChI is InChI=1S/C49H78N2O12.2C8H9.Ni/c1-4-7-10-13-16-31-21-35(22-32(17-14-11-8-5-2)37(31)18-15-12-9-6-3)39-19-20-40(51(39)50)36-23-33(25-41(55)47(61)44(58)28-52)38(27-43(57)49(63)46(60)30-54)34(24-36)26-42(56)48(62)45(59)29-53;2*1-2-8-6-4-3-5-7-8;/h19-24,41-49,52-63H,4-18,25-30H2,1-3H3;2*3-7H,1-2H2;/q;2*-1;+2. The van der Waals surface area contributed by atoms with Crippen molar-refractivity contribution in [3.05, 3.63) is 172 Å². The zero-order valence-electron chi connectivity index (χ0n) is 47.7. The van der Waals surface area contributed by atoms with E-state index in [0.717, 1.165) is 113 Å². The third-order valence-corrected chi connectivity index (χ3v) is 14.7. The maximum Gasteiger partial charge on any atom is 2.00 e. The molecule has 12 N–H and O–H groups in total. The summed E-state index contributed by atoms with van der Waals surface area (Å²) in [7, 11) is 0. The monoisotopic (exact) mass is 1150 g/mol. The van der Waals surface area contributed by atoms with Gasteiger partial charge in [0.2, 0.25) is 11.4 Å². The van der Waals surface area contributed by atoms with Gasteiger partial charge in [-0.25, -0.2) is 4.70 Å². The molecule has 0 fully saturated rings. The van der Waals surface area contributed by atoms with Crippen molar-refractivity contribution in [2.24, 2.45) is 0 Å². The fourth-order valence-corrected chi connectivity index (χ4v) is 9.77. The molecule has 1 heterocycles. The maximum atomic E-state index is 12.1. The Morgan fingerprint density at radius 2 is 0.738 bits per heavy atom. The minimum atomic E-state index is -1.85. The van der Waals surface area contributed by atoms with Gasteiger partial charge in [-0.3, -0.25) is 0 Å². The van der Waals surface area contributed by atoms with E-state index in [1.165, 1.54) is 34.2 Å². The molecule has 9 unspecified atom stereocenters. The molecular formula is C65H96N2NiO12. The molecule has 14 nitrogen and oxygen atoms in total. The van der Waals surface area contributed by atoms with Crippen LogP contribution in [0.3, 0.4) is 0 Å². The van der Waals surface area contributed by atoms with Crippen LogP contribution < -0.4 is 0 Å². The molecule has 4 aromatic rings. The van der Waals surface area contributed by atoms with Gasteiger partial charge in [0.1, 0.15) is 36.6 Å². The van der Waals surface area contributed by atoms with Gasteiger partial charge in [-0.1, -0.05) is 150 Å². The van der Waals surface area contributed by atoms with Crippen LogP contribution >= 0.6 is 0 Å². The Balaban J connectivity index is 0.00000109. The third-order valence-electron chi connectivity index (χ3n) is 14.7. The van der Waals surface area contributed by atoms with Gasteiger partial charge in [-0.15, -0.1) is 0 Å². The van der Waals surface area contributed by atoms with E-state index in [2.05, 4.69) is 71.0 Å². The SMILES string of the molecule is CCCCCCc1cc(C2=CC=C(c3cc(CC(O)C(O)C(O)CO)c(CC(O)C(O)C(O)CO)c(CC(O)C(O)C(O)CO)c3)[N+]2=[N-])cc(CCCCCC)c1CCCCCC.[CH2-]Cc1ccccc1.[CH2-]Cc1ccccc1.[Ni+2]. The average molecular weight is 1160 g/mol. The largest absolute Gasteiger partial charge is 2.00 e. The summed E-state index contributed by atoms with van der Waals surface area (Å²) in [4.78, 5) is 0. The molecule has 0 saturated heterocycles. The summed E-state index contributed by atoms with van der Waals surface area (Å²) in [6.07, 6.45) is 4.53. The Kier molecular flexibility index (Phi) is 36.3. The first-order valence-corrected chi connectivity index (χ1v) is 28.9. The number of aliphatic hydroxyl groups excluding tert-OH is 12. The molecule has 5 rings (SSSR count). The summed E-state index contributed by atoms with van der Waals surface area (Å²) in [5, 5.41) is 124. The van der Waals surface area contributed by atoms with Crippen LogP contribution in [0.5, 0.6) is 0 Å². The van der Waals surface area contributed by atoms with Crippen LogP contribution in [0, 0.1) is 13.8 Å². The number of hydrogen-bond donors (Lipinski definition) is 12. The fourth-order valence-electron chi connectivity index (χ4n) is 9.77. The van der Waals surface area contributed by atoms with Crippen molar-refractivity contribution in [1.29, 1.82) is 0 Å². The number of aryl methyl sites for hydroxylation is 2. The summed E-state index contributed by atoms with van der Waals surface area (Å²) in [5.41, 5.74) is 21.2. The number of nitrogens with zero attached hydrogens (tertiary/aromatic N) is 2. The number of benzene rings is 4. The number of aliphatic hydroxyl groups is 12. The molecule has 15 heteroatoms. The first-order valence-electron chi connectivity index (χ1n) is 28.9. The molecule has 0 aromatic heterocycles. The molecule has 0 spiro atoms. The topological polar surface area (TPSA) is 268 Å². The number of unbranched alkanes of at least 4 members (excludes halogenated alkanes) is 9. The quantitative estimate of drug-likeness (QED) is 0.00941. The van der Waals surface area contributed by atoms with E-state index >= 15 is 0 Å². The van der Waals surface area contributed by atoms with Crippen molar-refractivity contribution in [1.82, 2.24) is 0 Å². The zero-order chi connectivity index (χ0) is 58.3. The van der Waals surface area contributed by atoms with Crippen molar-refractivity contribution >= 4 is 11.4 Å². The van der Waals surface area contributed by atoms with Gasteiger partial charge in [0.25, 0.3) is 0 Å². The molecule has 0 saturated carbocycles. The fraction of sp³-hybridized carbons (Fsp3) is 0.538. The second-order valence-corrected chi connectivity index (χ2v) is 20.9. The van der Waals surface area contributed by atoms with Crippen molar-refractivity contribution < 1.29 is 82.5 Å².